The number of likely N-dealkylation sites (tertiary alicyclic amines) is 1. The first-order chi connectivity index (χ1) is 12.1. The number of hydrogen-bond donors (Lipinski definition) is 1. The number of amides is 1. The molecule has 0 bridgehead atoms. The first-order valence-corrected chi connectivity index (χ1v) is 8.12. The molecule has 1 aromatic heterocycles. The molecule has 1 aromatic carbocycles. The fraction of sp³-hybridized carbons (Fsp3) is 0.412. The van der Waals surface area contributed by atoms with Crippen molar-refractivity contribution in [3.05, 3.63) is 42.0 Å². The largest absolute Gasteiger partial charge is 0.495 e. The third kappa shape index (κ3) is 3.62. The average molecular weight is 344 g/mol. The van der Waals surface area contributed by atoms with E-state index in [4.69, 9.17) is 4.74 Å². The summed E-state index contributed by atoms with van der Waals surface area (Å²) < 4.78 is 7.00. The summed E-state index contributed by atoms with van der Waals surface area (Å²) in [4.78, 5) is 29.8. The zero-order chi connectivity index (χ0) is 17.8. The summed E-state index contributed by atoms with van der Waals surface area (Å²) in [5.74, 6) is -0.750. The van der Waals surface area contributed by atoms with Gasteiger partial charge in [0.05, 0.1) is 12.7 Å². The van der Waals surface area contributed by atoms with E-state index >= 15 is 0 Å². The van der Waals surface area contributed by atoms with Crippen LogP contribution in [0.4, 0.5) is 0 Å². The molecule has 1 aliphatic rings. The standard InChI is InChI=1S/C17H20N4O4/c1-25-15-13(3-2-4-14(15)17(23)24)16(22)20-7-5-12(6-8-20)9-21-11-18-10-19-21/h2-4,10-12H,5-9H2,1H3,(H,23,24). The molecule has 8 heteroatoms. The molecule has 3 rings (SSSR count). The Morgan fingerprint density at radius 1 is 1.28 bits per heavy atom. The molecule has 2 heterocycles. The van der Waals surface area contributed by atoms with Gasteiger partial charge in [0.25, 0.3) is 5.91 Å². The predicted octanol–water partition coefficient (Wildman–Crippen LogP) is 1.54. The van der Waals surface area contributed by atoms with Gasteiger partial charge in [-0.1, -0.05) is 6.07 Å². The molecule has 2 aromatic rings. The Morgan fingerprint density at radius 2 is 2.00 bits per heavy atom. The third-order valence-electron chi connectivity index (χ3n) is 4.49. The molecule has 25 heavy (non-hydrogen) atoms. The monoisotopic (exact) mass is 344 g/mol. The van der Waals surface area contributed by atoms with E-state index in [1.165, 1.54) is 19.5 Å². The minimum atomic E-state index is -1.11. The quantitative estimate of drug-likeness (QED) is 0.883. The number of nitrogens with zero attached hydrogens (tertiary/aromatic N) is 4. The van der Waals surface area contributed by atoms with Crippen molar-refractivity contribution in [3.63, 3.8) is 0 Å². The summed E-state index contributed by atoms with van der Waals surface area (Å²) in [6, 6.07) is 4.61. The van der Waals surface area contributed by atoms with Gasteiger partial charge in [-0.15, -0.1) is 0 Å². The lowest BCUT2D eigenvalue weighted by molar-refractivity contribution is 0.0677. The molecule has 1 fully saturated rings. The number of carbonyl (C=O) groups excluding carboxylic acids is 1. The molecule has 132 valence electrons. The number of carboxylic acids is 1. The van der Waals surface area contributed by atoms with Crippen LogP contribution in [0.15, 0.2) is 30.9 Å². The third-order valence-corrected chi connectivity index (χ3v) is 4.49. The van der Waals surface area contributed by atoms with Gasteiger partial charge >= 0.3 is 5.97 Å². The molecule has 0 saturated carbocycles. The summed E-state index contributed by atoms with van der Waals surface area (Å²) in [6.45, 7) is 2.04. The van der Waals surface area contributed by atoms with Crippen LogP contribution in [-0.4, -0.2) is 56.8 Å². The van der Waals surface area contributed by atoms with Crippen LogP contribution in [0.5, 0.6) is 5.75 Å². The highest BCUT2D eigenvalue weighted by Gasteiger charge is 2.27. The van der Waals surface area contributed by atoms with Crippen LogP contribution in [0.3, 0.4) is 0 Å². The van der Waals surface area contributed by atoms with Gasteiger partial charge in [-0.3, -0.25) is 9.48 Å². The first kappa shape index (κ1) is 16.9. The van der Waals surface area contributed by atoms with Crippen molar-refractivity contribution in [2.45, 2.75) is 19.4 Å². The molecule has 0 atom stereocenters. The molecule has 0 radical (unpaired) electrons. The number of benzene rings is 1. The molecular weight excluding hydrogens is 324 g/mol. The van der Waals surface area contributed by atoms with Crippen molar-refractivity contribution in [1.82, 2.24) is 19.7 Å². The Kier molecular flexibility index (Phi) is 4.97. The van der Waals surface area contributed by atoms with Crippen molar-refractivity contribution in [2.75, 3.05) is 20.2 Å². The van der Waals surface area contributed by atoms with Crippen LogP contribution in [0.1, 0.15) is 33.6 Å². The molecule has 0 unspecified atom stereocenters. The van der Waals surface area contributed by atoms with E-state index in [1.54, 1.807) is 23.4 Å². The van der Waals surface area contributed by atoms with E-state index in [1.807, 2.05) is 4.68 Å². The maximum atomic E-state index is 12.8. The maximum Gasteiger partial charge on any atom is 0.339 e. The van der Waals surface area contributed by atoms with E-state index in [-0.39, 0.29) is 22.8 Å². The molecular formula is C17H20N4O4. The number of aromatic nitrogens is 3. The Bertz CT molecular complexity index is 752. The normalized spacial score (nSPS) is 15.2. The summed E-state index contributed by atoms with van der Waals surface area (Å²) in [6.07, 6.45) is 4.94. The van der Waals surface area contributed by atoms with Crippen LogP contribution in [0.2, 0.25) is 0 Å². The number of piperidine rings is 1. The maximum absolute atomic E-state index is 12.8. The van der Waals surface area contributed by atoms with Gasteiger partial charge in [-0.2, -0.15) is 5.10 Å². The van der Waals surface area contributed by atoms with E-state index in [9.17, 15) is 14.7 Å². The number of hydrogen-bond acceptors (Lipinski definition) is 5. The van der Waals surface area contributed by atoms with Gasteiger partial charge < -0.3 is 14.7 Å². The second-order valence-electron chi connectivity index (χ2n) is 6.04. The summed E-state index contributed by atoms with van der Waals surface area (Å²) in [5.41, 5.74) is 0.284. The minimum absolute atomic E-state index is 0.00517. The van der Waals surface area contributed by atoms with Crippen molar-refractivity contribution >= 4 is 11.9 Å². The number of carbonyl (C=O) groups is 2. The van der Waals surface area contributed by atoms with Gasteiger partial charge in [0, 0.05) is 19.6 Å². The Labute approximate surface area is 145 Å². The SMILES string of the molecule is COc1c(C(=O)O)cccc1C(=O)N1CCC(Cn2cncn2)CC1. The predicted molar refractivity (Wildman–Crippen MR) is 88.6 cm³/mol. The van der Waals surface area contributed by atoms with E-state index in [2.05, 4.69) is 10.1 Å². The highest BCUT2D eigenvalue weighted by molar-refractivity contribution is 6.02. The van der Waals surface area contributed by atoms with Crippen LogP contribution in [0.25, 0.3) is 0 Å². The lowest BCUT2D eigenvalue weighted by Gasteiger charge is -2.32. The van der Waals surface area contributed by atoms with Crippen LogP contribution in [0, 0.1) is 5.92 Å². The summed E-state index contributed by atoms with van der Waals surface area (Å²) in [5, 5.41) is 13.4. The number of aromatic carboxylic acids is 1. The second-order valence-corrected chi connectivity index (χ2v) is 6.04. The fourth-order valence-electron chi connectivity index (χ4n) is 3.17. The lowest BCUT2D eigenvalue weighted by Crippen LogP contribution is -2.39. The van der Waals surface area contributed by atoms with Gasteiger partial charge in [-0.05, 0) is 30.9 Å². The highest BCUT2D eigenvalue weighted by Crippen LogP contribution is 2.27. The van der Waals surface area contributed by atoms with Crippen molar-refractivity contribution in [2.24, 2.45) is 5.92 Å². The van der Waals surface area contributed by atoms with Crippen LogP contribution < -0.4 is 4.74 Å². The zero-order valence-electron chi connectivity index (χ0n) is 14.0. The molecule has 0 spiro atoms. The number of ether oxygens (including phenoxy) is 1. The van der Waals surface area contributed by atoms with Gasteiger partial charge in [0.15, 0.2) is 0 Å². The van der Waals surface area contributed by atoms with Crippen LogP contribution in [-0.2, 0) is 6.54 Å². The molecule has 1 saturated heterocycles. The fourth-order valence-corrected chi connectivity index (χ4v) is 3.17. The van der Waals surface area contributed by atoms with Crippen molar-refractivity contribution < 1.29 is 19.4 Å². The molecule has 0 aliphatic carbocycles. The molecule has 1 N–H and O–H groups in total. The second kappa shape index (κ2) is 7.33. The van der Waals surface area contributed by atoms with Gasteiger partial charge in [0.1, 0.15) is 24.0 Å². The van der Waals surface area contributed by atoms with Crippen LogP contribution >= 0.6 is 0 Å². The van der Waals surface area contributed by atoms with Gasteiger partial charge in [0.2, 0.25) is 0 Å². The lowest BCUT2D eigenvalue weighted by atomic mass is 9.96. The number of methoxy groups -OCH3 is 1. The summed E-state index contributed by atoms with van der Waals surface area (Å²) >= 11 is 0. The van der Waals surface area contributed by atoms with E-state index in [0.717, 1.165) is 19.4 Å². The number of rotatable bonds is 5. The summed E-state index contributed by atoms with van der Waals surface area (Å²) in [7, 11) is 1.38. The van der Waals surface area contributed by atoms with Crippen molar-refractivity contribution in [3.8, 4) is 5.75 Å². The Hall–Kier alpha value is -2.90. The number of carboxylic acid groups (broad SMARTS) is 1. The van der Waals surface area contributed by atoms with Gasteiger partial charge in [-0.25, -0.2) is 9.78 Å². The first-order valence-electron chi connectivity index (χ1n) is 8.12. The Balaban J connectivity index is 1.68. The minimum Gasteiger partial charge on any atom is -0.495 e. The van der Waals surface area contributed by atoms with E-state index < -0.39 is 5.97 Å². The smallest absolute Gasteiger partial charge is 0.339 e. The van der Waals surface area contributed by atoms with Crippen molar-refractivity contribution in [1.29, 1.82) is 0 Å². The average Bonchev–Trinajstić information content (AvgIpc) is 3.14. The molecule has 1 amide bonds. The molecule has 8 nitrogen and oxygen atoms in total. The highest BCUT2D eigenvalue weighted by atomic mass is 16.5. The topological polar surface area (TPSA) is 97.6 Å². The molecule has 1 aliphatic heterocycles. The number of para-hydroxylation sites is 1. The zero-order valence-corrected chi connectivity index (χ0v) is 14.0. The Morgan fingerprint density at radius 3 is 2.60 bits per heavy atom. The van der Waals surface area contributed by atoms with E-state index in [0.29, 0.717) is 19.0 Å².